The molecule has 1 fully saturated rings. The summed E-state index contributed by atoms with van der Waals surface area (Å²) in [5.41, 5.74) is 0.891. The maximum absolute atomic E-state index is 12.3. The molecule has 3 rings (SSSR count). The fourth-order valence-electron chi connectivity index (χ4n) is 3.03. The highest BCUT2D eigenvalue weighted by atomic mass is 16.5. The number of nitrogens with zero attached hydrogens (tertiary/aromatic N) is 1. The molecule has 0 aromatic heterocycles. The first-order valence-electron chi connectivity index (χ1n) is 7.43. The predicted octanol–water partition coefficient (Wildman–Crippen LogP) is 1.85. The predicted molar refractivity (Wildman–Crippen MR) is 78.1 cm³/mol. The average molecular weight is 288 g/mol. The molecule has 1 aromatic rings. The van der Waals surface area contributed by atoms with Gasteiger partial charge in [0.2, 0.25) is 5.91 Å². The van der Waals surface area contributed by atoms with Crippen LogP contribution < -0.4 is 10.1 Å². The second-order valence-corrected chi connectivity index (χ2v) is 5.74. The van der Waals surface area contributed by atoms with E-state index in [9.17, 15) is 9.59 Å². The van der Waals surface area contributed by atoms with E-state index in [1.165, 1.54) is 0 Å². The van der Waals surface area contributed by atoms with E-state index < -0.39 is 5.72 Å². The van der Waals surface area contributed by atoms with Gasteiger partial charge in [-0.25, -0.2) is 0 Å². The van der Waals surface area contributed by atoms with Crippen molar-refractivity contribution in [2.24, 2.45) is 0 Å². The molecule has 21 heavy (non-hydrogen) atoms. The van der Waals surface area contributed by atoms with Gasteiger partial charge in [-0.2, -0.15) is 0 Å². The van der Waals surface area contributed by atoms with Gasteiger partial charge >= 0.3 is 0 Å². The Balaban J connectivity index is 1.82. The quantitative estimate of drug-likeness (QED) is 0.858. The molecule has 0 saturated carbocycles. The fourth-order valence-corrected chi connectivity index (χ4v) is 3.03. The van der Waals surface area contributed by atoms with Gasteiger partial charge in [0.15, 0.2) is 5.72 Å². The van der Waals surface area contributed by atoms with Crippen molar-refractivity contribution in [1.82, 2.24) is 10.2 Å². The number of para-hydroxylation sites is 1. The minimum atomic E-state index is -0.666. The molecule has 112 valence electrons. The van der Waals surface area contributed by atoms with E-state index in [-0.39, 0.29) is 11.8 Å². The Bertz CT molecular complexity index is 589. The van der Waals surface area contributed by atoms with Crippen LogP contribution in [0.5, 0.6) is 5.75 Å². The topological polar surface area (TPSA) is 58.6 Å². The highest BCUT2D eigenvalue weighted by Gasteiger charge is 2.43. The zero-order valence-corrected chi connectivity index (χ0v) is 12.4. The lowest BCUT2D eigenvalue weighted by Crippen LogP contribution is -2.61. The molecular formula is C16H20N2O3. The summed E-state index contributed by atoms with van der Waals surface area (Å²) >= 11 is 0. The van der Waals surface area contributed by atoms with Gasteiger partial charge in [-0.1, -0.05) is 19.1 Å². The number of piperidine rings is 1. The zero-order chi connectivity index (χ0) is 15.0. The van der Waals surface area contributed by atoms with E-state index >= 15 is 0 Å². The summed E-state index contributed by atoms with van der Waals surface area (Å²) in [5, 5.41) is 2.99. The van der Waals surface area contributed by atoms with E-state index in [2.05, 4.69) is 5.32 Å². The van der Waals surface area contributed by atoms with Crippen LogP contribution in [0.2, 0.25) is 0 Å². The van der Waals surface area contributed by atoms with Crippen molar-refractivity contribution < 1.29 is 14.3 Å². The normalized spacial score (nSPS) is 19.7. The molecule has 2 aliphatic heterocycles. The smallest absolute Gasteiger partial charge is 0.258 e. The third-order valence-electron chi connectivity index (χ3n) is 4.32. The summed E-state index contributed by atoms with van der Waals surface area (Å²) < 4.78 is 6.15. The number of rotatable bonds is 1. The molecule has 1 aromatic carbocycles. The first-order valence-corrected chi connectivity index (χ1v) is 7.43. The molecule has 0 aliphatic carbocycles. The summed E-state index contributed by atoms with van der Waals surface area (Å²) in [6.45, 7) is 5.05. The molecule has 0 bridgehead atoms. The van der Waals surface area contributed by atoms with Crippen molar-refractivity contribution in [2.45, 2.75) is 38.8 Å². The van der Waals surface area contributed by atoms with Crippen molar-refractivity contribution in [3.8, 4) is 5.75 Å². The van der Waals surface area contributed by atoms with Crippen LogP contribution >= 0.6 is 0 Å². The van der Waals surface area contributed by atoms with Crippen LogP contribution in [-0.4, -0.2) is 35.5 Å². The Hall–Kier alpha value is -2.04. The number of aryl methyl sites for hydroxylation is 1. The van der Waals surface area contributed by atoms with E-state index in [0.717, 1.165) is 5.56 Å². The maximum atomic E-state index is 12.3. The van der Waals surface area contributed by atoms with E-state index in [1.54, 1.807) is 6.07 Å². The van der Waals surface area contributed by atoms with E-state index in [0.29, 0.717) is 43.7 Å². The largest absolute Gasteiger partial charge is 0.467 e. The minimum Gasteiger partial charge on any atom is -0.467 e. The molecule has 0 unspecified atom stereocenters. The second kappa shape index (κ2) is 5.06. The molecular weight excluding hydrogens is 268 g/mol. The lowest BCUT2D eigenvalue weighted by atomic mass is 9.96. The molecule has 2 amide bonds. The summed E-state index contributed by atoms with van der Waals surface area (Å²) in [6, 6.07) is 5.58. The SMILES string of the molecule is CCC(=O)N1CCC2(CC1)NC(=O)c1cccc(C)c1O2. The van der Waals surface area contributed by atoms with Gasteiger partial charge < -0.3 is 15.0 Å². The number of carbonyl (C=O) groups excluding carboxylic acids is 2. The first-order chi connectivity index (χ1) is 10.0. The van der Waals surface area contributed by atoms with Gasteiger partial charge in [0.25, 0.3) is 5.91 Å². The number of hydrogen-bond donors (Lipinski definition) is 1. The summed E-state index contributed by atoms with van der Waals surface area (Å²) in [7, 11) is 0. The third kappa shape index (κ3) is 2.37. The highest BCUT2D eigenvalue weighted by molar-refractivity contribution is 5.98. The number of amides is 2. The van der Waals surface area contributed by atoms with Crippen molar-refractivity contribution in [2.75, 3.05) is 13.1 Å². The monoisotopic (exact) mass is 288 g/mol. The van der Waals surface area contributed by atoms with Crippen LogP contribution in [0.3, 0.4) is 0 Å². The molecule has 1 saturated heterocycles. The summed E-state index contributed by atoms with van der Waals surface area (Å²) in [5.74, 6) is 0.746. The van der Waals surface area contributed by atoms with Crippen molar-refractivity contribution in [3.05, 3.63) is 29.3 Å². The Labute approximate surface area is 124 Å². The minimum absolute atomic E-state index is 0.0878. The fraction of sp³-hybridized carbons (Fsp3) is 0.500. The average Bonchev–Trinajstić information content (AvgIpc) is 2.49. The highest BCUT2D eigenvalue weighted by Crippen LogP contribution is 2.35. The second-order valence-electron chi connectivity index (χ2n) is 5.74. The number of ether oxygens (including phenoxy) is 1. The van der Waals surface area contributed by atoms with Crippen molar-refractivity contribution in [3.63, 3.8) is 0 Å². The molecule has 2 aliphatic rings. The molecule has 5 heteroatoms. The Morgan fingerprint density at radius 2 is 2.10 bits per heavy atom. The van der Waals surface area contributed by atoms with Gasteiger partial charge in [0.1, 0.15) is 5.75 Å². The molecule has 1 N–H and O–H groups in total. The van der Waals surface area contributed by atoms with Gasteiger partial charge in [-0.3, -0.25) is 9.59 Å². The number of likely N-dealkylation sites (tertiary alicyclic amines) is 1. The summed E-state index contributed by atoms with van der Waals surface area (Å²) in [6.07, 6.45) is 1.76. The van der Waals surface area contributed by atoms with E-state index in [1.807, 2.05) is 30.9 Å². The summed E-state index contributed by atoms with van der Waals surface area (Å²) in [4.78, 5) is 25.9. The van der Waals surface area contributed by atoms with Crippen LogP contribution in [0.25, 0.3) is 0 Å². The van der Waals surface area contributed by atoms with Crippen LogP contribution in [0.15, 0.2) is 18.2 Å². The van der Waals surface area contributed by atoms with Crippen molar-refractivity contribution in [1.29, 1.82) is 0 Å². The molecule has 5 nitrogen and oxygen atoms in total. The van der Waals surface area contributed by atoms with Crippen LogP contribution in [0, 0.1) is 6.92 Å². The van der Waals surface area contributed by atoms with Gasteiger partial charge in [0, 0.05) is 32.4 Å². The lowest BCUT2D eigenvalue weighted by molar-refractivity contribution is -0.135. The molecule has 0 atom stereocenters. The lowest BCUT2D eigenvalue weighted by Gasteiger charge is -2.44. The Morgan fingerprint density at radius 3 is 2.76 bits per heavy atom. The van der Waals surface area contributed by atoms with Gasteiger partial charge in [-0.05, 0) is 18.6 Å². The standard InChI is InChI=1S/C16H20N2O3/c1-3-13(19)18-9-7-16(8-10-18)17-15(20)12-6-4-5-11(2)14(12)21-16/h4-6H,3,7-10H2,1-2H3,(H,17,20). The number of carbonyl (C=O) groups is 2. The Morgan fingerprint density at radius 1 is 1.38 bits per heavy atom. The van der Waals surface area contributed by atoms with Gasteiger partial charge in [-0.15, -0.1) is 0 Å². The molecule has 1 spiro atoms. The Kier molecular flexibility index (Phi) is 3.35. The molecule has 0 radical (unpaired) electrons. The van der Waals surface area contributed by atoms with E-state index in [4.69, 9.17) is 4.74 Å². The van der Waals surface area contributed by atoms with Gasteiger partial charge in [0.05, 0.1) is 5.56 Å². The van der Waals surface area contributed by atoms with Crippen LogP contribution in [-0.2, 0) is 4.79 Å². The zero-order valence-electron chi connectivity index (χ0n) is 12.4. The number of nitrogens with one attached hydrogen (secondary N) is 1. The van der Waals surface area contributed by atoms with Crippen LogP contribution in [0.4, 0.5) is 0 Å². The van der Waals surface area contributed by atoms with Crippen LogP contribution in [0.1, 0.15) is 42.1 Å². The van der Waals surface area contributed by atoms with Crippen molar-refractivity contribution >= 4 is 11.8 Å². The number of benzene rings is 1. The first kappa shape index (κ1) is 13.9. The number of hydrogen-bond acceptors (Lipinski definition) is 3. The third-order valence-corrected chi connectivity index (χ3v) is 4.32. The molecule has 2 heterocycles. The number of fused-ring (bicyclic) bond motifs is 1. The maximum Gasteiger partial charge on any atom is 0.258 e.